The quantitative estimate of drug-likeness (QED) is 0.522. The number of hydrogen-bond donors (Lipinski definition) is 1. The van der Waals surface area contributed by atoms with Crippen LogP contribution in [0.2, 0.25) is 5.02 Å². The van der Waals surface area contributed by atoms with Gasteiger partial charge in [0.1, 0.15) is 16.4 Å². The molecule has 1 saturated heterocycles. The largest absolute Gasteiger partial charge is 0.454 e. The van der Waals surface area contributed by atoms with E-state index in [9.17, 15) is 13.2 Å². The fraction of sp³-hybridized carbons (Fsp3) is 0.208. The smallest absolute Gasteiger partial charge is 0.259 e. The van der Waals surface area contributed by atoms with Gasteiger partial charge in [0, 0.05) is 19.2 Å². The van der Waals surface area contributed by atoms with Crippen LogP contribution in [0.1, 0.15) is 28.8 Å². The zero-order valence-electron chi connectivity index (χ0n) is 17.8. The SMILES string of the molecule is Cc1ccc2c(c1)NC(=O)c1cc(S(=O)(=O)N3CCCC3)c(Oc3ccccc3Cl)cc1O2. The van der Waals surface area contributed by atoms with Gasteiger partial charge in [-0.05, 0) is 55.7 Å². The third kappa shape index (κ3) is 4.06. The first-order valence-corrected chi connectivity index (χ1v) is 12.4. The second kappa shape index (κ2) is 8.37. The van der Waals surface area contributed by atoms with Crippen molar-refractivity contribution in [3.05, 3.63) is 70.7 Å². The Bertz CT molecular complexity index is 1370. The molecule has 2 heterocycles. The van der Waals surface area contributed by atoms with Crippen LogP contribution in [0.4, 0.5) is 5.69 Å². The lowest BCUT2D eigenvalue weighted by Crippen LogP contribution is -2.28. The van der Waals surface area contributed by atoms with Crippen molar-refractivity contribution in [3.8, 4) is 23.0 Å². The number of nitrogens with zero attached hydrogens (tertiary/aromatic N) is 1. The van der Waals surface area contributed by atoms with Crippen LogP contribution in [0.25, 0.3) is 0 Å². The number of ether oxygens (including phenoxy) is 2. The van der Waals surface area contributed by atoms with E-state index in [4.69, 9.17) is 21.1 Å². The monoisotopic (exact) mass is 484 g/mol. The zero-order valence-corrected chi connectivity index (χ0v) is 19.4. The topological polar surface area (TPSA) is 84.9 Å². The first-order chi connectivity index (χ1) is 15.8. The number of benzene rings is 3. The molecular formula is C24H21ClN2O5S. The van der Waals surface area contributed by atoms with Crippen LogP contribution in [0.15, 0.2) is 59.5 Å². The molecule has 9 heteroatoms. The van der Waals surface area contributed by atoms with Crippen molar-refractivity contribution in [3.63, 3.8) is 0 Å². The van der Waals surface area contributed by atoms with Gasteiger partial charge in [-0.15, -0.1) is 0 Å². The highest BCUT2D eigenvalue weighted by Crippen LogP contribution is 2.43. The predicted molar refractivity (Wildman–Crippen MR) is 125 cm³/mol. The van der Waals surface area contributed by atoms with Gasteiger partial charge >= 0.3 is 0 Å². The number of aryl methyl sites for hydroxylation is 1. The van der Waals surface area contributed by atoms with E-state index >= 15 is 0 Å². The third-order valence-corrected chi connectivity index (χ3v) is 7.87. The molecule has 3 aromatic rings. The van der Waals surface area contributed by atoms with E-state index in [2.05, 4.69) is 5.32 Å². The van der Waals surface area contributed by atoms with Crippen molar-refractivity contribution in [2.45, 2.75) is 24.7 Å². The lowest BCUT2D eigenvalue weighted by molar-refractivity contribution is 0.102. The molecular weight excluding hydrogens is 464 g/mol. The van der Waals surface area contributed by atoms with Crippen LogP contribution in [0.5, 0.6) is 23.0 Å². The summed E-state index contributed by atoms with van der Waals surface area (Å²) >= 11 is 6.26. The third-order valence-electron chi connectivity index (χ3n) is 5.63. The summed E-state index contributed by atoms with van der Waals surface area (Å²) in [5, 5.41) is 3.14. The number of rotatable bonds is 4. The lowest BCUT2D eigenvalue weighted by Gasteiger charge is -2.20. The number of carbonyl (C=O) groups is 1. The van der Waals surface area contributed by atoms with Crippen molar-refractivity contribution in [1.29, 1.82) is 0 Å². The maximum absolute atomic E-state index is 13.5. The molecule has 0 unspecified atom stereocenters. The molecule has 7 nitrogen and oxygen atoms in total. The van der Waals surface area contributed by atoms with Gasteiger partial charge in [0.15, 0.2) is 11.5 Å². The average Bonchev–Trinajstić information content (AvgIpc) is 3.29. The molecule has 1 N–H and O–H groups in total. The highest BCUT2D eigenvalue weighted by Gasteiger charge is 2.33. The Kier molecular flexibility index (Phi) is 5.52. The minimum atomic E-state index is -3.92. The molecule has 0 aliphatic carbocycles. The van der Waals surface area contributed by atoms with Crippen LogP contribution < -0.4 is 14.8 Å². The van der Waals surface area contributed by atoms with E-state index in [0.717, 1.165) is 18.4 Å². The molecule has 3 aromatic carbocycles. The molecule has 2 aliphatic rings. The Balaban J connectivity index is 1.67. The Morgan fingerprint density at radius 2 is 1.76 bits per heavy atom. The number of amides is 1. The van der Waals surface area contributed by atoms with E-state index in [0.29, 0.717) is 35.3 Å². The summed E-state index contributed by atoms with van der Waals surface area (Å²) in [6.07, 6.45) is 1.56. The van der Waals surface area contributed by atoms with Crippen molar-refractivity contribution in [1.82, 2.24) is 4.31 Å². The molecule has 33 heavy (non-hydrogen) atoms. The number of halogens is 1. The van der Waals surface area contributed by atoms with Gasteiger partial charge in [0.05, 0.1) is 16.3 Å². The molecule has 0 radical (unpaired) electrons. The van der Waals surface area contributed by atoms with E-state index in [1.54, 1.807) is 36.4 Å². The van der Waals surface area contributed by atoms with E-state index in [1.165, 1.54) is 16.4 Å². The van der Waals surface area contributed by atoms with E-state index in [1.807, 2.05) is 13.0 Å². The van der Waals surface area contributed by atoms with Gasteiger partial charge in [-0.2, -0.15) is 4.31 Å². The normalized spacial score (nSPS) is 15.8. The highest BCUT2D eigenvalue weighted by molar-refractivity contribution is 7.89. The first kappa shape index (κ1) is 21.8. The standard InChI is InChI=1S/C24H21ClN2O5S/c1-15-8-9-20-18(12-15)26-24(28)16-13-23(33(29,30)27-10-4-5-11-27)22(14-21(16)32-20)31-19-7-3-2-6-17(19)25/h2-3,6-9,12-14H,4-5,10-11H2,1H3,(H,26,28). The summed E-state index contributed by atoms with van der Waals surface area (Å²) in [6.45, 7) is 2.73. The molecule has 0 saturated carbocycles. The molecule has 2 aliphatic heterocycles. The maximum atomic E-state index is 13.5. The minimum Gasteiger partial charge on any atom is -0.454 e. The summed E-state index contributed by atoms with van der Waals surface area (Å²) in [5.41, 5.74) is 1.56. The van der Waals surface area contributed by atoms with Gasteiger partial charge in [-0.1, -0.05) is 29.8 Å². The van der Waals surface area contributed by atoms with Gasteiger partial charge in [0.25, 0.3) is 5.91 Å². The number of fused-ring (bicyclic) bond motifs is 2. The predicted octanol–water partition coefficient (Wildman–Crippen LogP) is 5.58. The number of anilines is 1. The van der Waals surface area contributed by atoms with Crippen molar-refractivity contribution < 1.29 is 22.7 Å². The molecule has 0 aromatic heterocycles. The van der Waals surface area contributed by atoms with Gasteiger partial charge < -0.3 is 14.8 Å². The minimum absolute atomic E-state index is 0.0390. The number of nitrogens with one attached hydrogen (secondary N) is 1. The molecule has 170 valence electrons. The van der Waals surface area contributed by atoms with Crippen LogP contribution in [-0.4, -0.2) is 31.7 Å². The Labute approximate surface area is 196 Å². The highest BCUT2D eigenvalue weighted by atomic mass is 35.5. The van der Waals surface area contributed by atoms with Crippen LogP contribution in [0, 0.1) is 6.92 Å². The molecule has 0 bridgehead atoms. The van der Waals surface area contributed by atoms with Gasteiger partial charge in [-0.25, -0.2) is 8.42 Å². The first-order valence-electron chi connectivity index (χ1n) is 10.5. The number of hydrogen-bond acceptors (Lipinski definition) is 5. The summed E-state index contributed by atoms with van der Waals surface area (Å²) in [6, 6.07) is 15.0. The summed E-state index contributed by atoms with van der Waals surface area (Å²) < 4.78 is 40.4. The van der Waals surface area contributed by atoms with E-state index in [-0.39, 0.29) is 22.0 Å². The fourth-order valence-corrected chi connectivity index (χ4v) is 5.75. The Morgan fingerprint density at radius 1 is 1.00 bits per heavy atom. The summed E-state index contributed by atoms with van der Waals surface area (Å²) in [5.74, 6) is 0.517. The van der Waals surface area contributed by atoms with Crippen LogP contribution >= 0.6 is 11.6 Å². The van der Waals surface area contributed by atoms with Crippen LogP contribution in [0.3, 0.4) is 0 Å². The zero-order chi connectivity index (χ0) is 23.2. The molecule has 0 atom stereocenters. The van der Waals surface area contributed by atoms with Gasteiger partial charge in [0.2, 0.25) is 10.0 Å². The van der Waals surface area contributed by atoms with Crippen LogP contribution in [-0.2, 0) is 10.0 Å². The lowest BCUT2D eigenvalue weighted by atomic mass is 10.1. The van der Waals surface area contributed by atoms with Gasteiger partial charge in [-0.3, -0.25) is 4.79 Å². The van der Waals surface area contributed by atoms with Crippen molar-refractivity contribution >= 4 is 33.2 Å². The summed E-state index contributed by atoms with van der Waals surface area (Å²) in [4.78, 5) is 12.9. The second-order valence-corrected chi connectivity index (χ2v) is 10.3. The second-order valence-electron chi connectivity index (χ2n) is 7.99. The molecule has 1 fully saturated rings. The number of carbonyl (C=O) groups excluding carboxylic acids is 1. The molecule has 1 amide bonds. The Hall–Kier alpha value is -3.07. The maximum Gasteiger partial charge on any atom is 0.259 e. The Morgan fingerprint density at radius 3 is 2.52 bits per heavy atom. The van der Waals surface area contributed by atoms with E-state index < -0.39 is 15.9 Å². The fourth-order valence-electron chi connectivity index (χ4n) is 3.94. The summed E-state index contributed by atoms with van der Waals surface area (Å²) in [7, 11) is -3.92. The van der Waals surface area contributed by atoms with Crippen molar-refractivity contribution in [2.75, 3.05) is 18.4 Å². The molecule has 5 rings (SSSR count). The van der Waals surface area contributed by atoms with Crippen molar-refractivity contribution in [2.24, 2.45) is 0 Å². The molecule has 0 spiro atoms. The average molecular weight is 485 g/mol. The number of para-hydroxylation sites is 1. The number of sulfonamides is 1.